The van der Waals surface area contributed by atoms with E-state index in [9.17, 15) is 18.8 Å². The fraction of sp³-hybridized carbons (Fsp3) is 0.500. The molecule has 0 atom stereocenters. The number of morpholine rings is 1. The maximum atomic E-state index is 13.8. The van der Waals surface area contributed by atoms with Crippen molar-refractivity contribution in [2.75, 3.05) is 44.3 Å². The maximum absolute atomic E-state index is 13.8. The smallest absolute Gasteiger partial charge is 0.333 e. The van der Waals surface area contributed by atoms with Crippen molar-refractivity contribution in [1.29, 1.82) is 0 Å². The number of carbonyl (C=O) groups is 1. The Bertz CT molecular complexity index is 1710. The molecule has 0 spiro atoms. The van der Waals surface area contributed by atoms with Crippen molar-refractivity contribution in [2.45, 2.75) is 52.2 Å². The highest BCUT2D eigenvalue weighted by Gasteiger charge is 2.30. The van der Waals surface area contributed by atoms with Gasteiger partial charge in [-0.2, -0.15) is 9.49 Å². The number of amides is 1. The zero-order valence-electron chi connectivity index (χ0n) is 23.8. The fourth-order valence-corrected chi connectivity index (χ4v) is 5.35. The Morgan fingerprint density at radius 3 is 2.62 bits per heavy atom. The second-order valence-corrected chi connectivity index (χ2v) is 10.6. The third-order valence-corrected chi connectivity index (χ3v) is 7.71. The lowest BCUT2D eigenvalue weighted by Gasteiger charge is -2.30. The molecule has 14 heteroatoms. The van der Waals surface area contributed by atoms with Crippen molar-refractivity contribution in [2.24, 2.45) is 0 Å². The SMILES string of the molecule is CCCn1c(=O)n(C2CC2)c(=O)c2[nH]c(-c3cc(N(CCN4CCOCC4)C(=O)c4ccc(F)nc4)n(CC)n3)nc21. The van der Waals surface area contributed by atoms with Crippen molar-refractivity contribution in [3.05, 3.63) is 56.7 Å². The van der Waals surface area contributed by atoms with Crippen LogP contribution in [0.15, 0.2) is 34.0 Å². The van der Waals surface area contributed by atoms with Gasteiger partial charge >= 0.3 is 5.69 Å². The number of hydrogen-bond donors (Lipinski definition) is 1. The number of imidazole rings is 1. The summed E-state index contributed by atoms with van der Waals surface area (Å²) in [7, 11) is 0. The van der Waals surface area contributed by atoms with Crippen LogP contribution in [0.25, 0.3) is 22.7 Å². The number of halogens is 1. The first kappa shape index (κ1) is 28.0. The number of ether oxygens (including phenoxy) is 1. The third-order valence-electron chi connectivity index (χ3n) is 7.71. The summed E-state index contributed by atoms with van der Waals surface area (Å²) in [5, 5.41) is 4.72. The van der Waals surface area contributed by atoms with Gasteiger partial charge in [0.1, 0.15) is 17.0 Å². The largest absolute Gasteiger partial charge is 0.379 e. The number of aromatic nitrogens is 7. The lowest BCUT2D eigenvalue weighted by atomic mass is 10.2. The number of hydrogen-bond acceptors (Lipinski definition) is 8. The van der Waals surface area contributed by atoms with E-state index >= 15 is 0 Å². The topological polar surface area (TPSA) is 136 Å². The van der Waals surface area contributed by atoms with Crippen LogP contribution in [0.4, 0.5) is 10.2 Å². The lowest BCUT2D eigenvalue weighted by molar-refractivity contribution is 0.0390. The first-order valence-corrected chi connectivity index (χ1v) is 14.5. The molecule has 1 saturated carbocycles. The van der Waals surface area contributed by atoms with Crippen LogP contribution in [0, 0.1) is 5.95 Å². The van der Waals surface area contributed by atoms with Gasteiger partial charge in [0, 0.05) is 57.6 Å². The average Bonchev–Trinajstić information content (AvgIpc) is 3.57. The summed E-state index contributed by atoms with van der Waals surface area (Å²) in [5.41, 5.74) is 0.501. The first-order valence-electron chi connectivity index (χ1n) is 14.5. The second-order valence-electron chi connectivity index (χ2n) is 10.6. The number of fused-ring (bicyclic) bond motifs is 1. The van der Waals surface area contributed by atoms with Gasteiger partial charge in [0.2, 0.25) is 5.95 Å². The van der Waals surface area contributed by atoms with E-state index in [2.05, 4.69) is 19.9 Å². The Morgan fingerprint density at radius 1 is 1.17 bits per heavy atom. The Kier molecular flexibility index (Phi) is 7.73. The monoisotopic (exact) mass is 579 g/mol. The molecular formula is C28H34FN9O4. The number of nitrogens with zero attached hydrogens (tertiary/aromatic N) is 8. The number of rotatable bonds is 10. The van der Waals surface area contributed by atoms with Crippen molar-refractivity contribution >= 4 is 22.9 Å². The normalized spacial score (nSPS) is 15.9. The van der Waals surface area contributed by atoms with E-state index in [4.69, 9.17) is 9.84 Å². The van der Waals surface area contributed by atoms with E-state index in [-0.39, 0.29) is 34.3 Å². The molecule has 1 aliphatic carbocycles. The second kappa shape index (κ2) is 11.6. The van der Waals surface area contributed by atoms with Crippen molar-refractivity contribution in [3.8, 4) is 11.5 Å². The van der Waals surface area contributed by atoms with Crippen LogP contribution < -0.4 is 16.1 Å². The van der Waals surface area contributed by atoms with Gasteiger partial charge in [-0.3, -0.25) is 28.5 Å². The van der Waals surface area contributed by atoms with Gasteiger partial charge < -0.3 is 9.72 Å². The van der Waals surface area contributed by atoms with E-state index in [1.54, 1.807) is 20.2 Å². The molecule has 4 aromatic rings. The number of pyridine rings is 1. The molecule has 1 amide bonds. The molecule has 1 aliphatic heterocycles. The highest BCUT2D eigenvalue weighted by molar-refractivity contribution is 6.05. The Balaban J connectivity index is 1.41. The van der Waals surface area contributed by atoms with Gasteiger partial charge in [0.15, 0.2) is 11.5 Å². The molecule has 42 heavy (non-hydrogen) atoms. The summed E-state index contributed by atoms with van der Waals surface area (Å²) in [4.78, 5) is 55.6. The number of H-pyrrole nitrogens is 1. The zero-order valence-corrected chi connectivity index (χ0v) is 23.8. The average molecular weight is 580 g/mol. The van der Waals surface area contributed by atoms with E-state index < -0.39 is 5.95 Å². The minimum atomic E-state index is -0.667. The predicted molar refractivity (Wildman–Crippen MR) is 153 cm³/mol. The highest BCUT2D eigenvalue weighted by atomic mass is 19.1. The van der Waals surface area contributed by atoms with E-state index in [0.717, 1.165) is 32.0 Å². The van der Waals surface area contributed by atoms with Gasteiger partial charge in [0.05, 0.1) is 18.8 Å². The first-order chi connectivity index (χ1) is 20.4. The molecule has 0 bridgehead atoms. The number of aromatic amines is 1. The quantitative estimate of drug-likeness (QED) is 0.282. The highest BCUT2D eigenvalue weighted by Crippen LogP contribution is 2.33. The fourth-order valence-electron chi connectivity index (χ4n) is 5.35. The molecule has 1 saturated heterocycles. The predicted octanol–water partition coefficient (Wildman–Crippen LogP) is 2.03. The van der Waals surface area contributed by atoms with Gasteiger partial charge in [-0.05, 0) is 38.3 Å². The van der Waals surface area contributed by atoms with Crippen LogP contribution >= 0.6 is 0 Å². The molecule has 1 N–H and O–H groups in total. The minimum Gasteiger partial charge on any atom is -0.379 e. The van der Waals surface area contributed by atoms with Crippen LogP contribution in [0.5, 0.6) is 0 Å². The summed E-state index contributed by atoms with van der Waals surface area (Å²) in [6, 6.07) is 4.24. The maximum Gasteiger partial charge on any atom is 0.333 e. The Hall–Kier alpha value is -4.17. The molecular weight excluding hydrogens is 545 g/mol. The molecule has 0 unspecified atom stereocenters. The summed E-state index contributed by atoms with van der Waals surface area (Å²) in [6.07, 6.45) is 3.53. The van der Waals surface area contributed by atoms with E-state index in [1.165, 1.54) is 16.8 Å². The number of carbonyl (C=O) groups excluding carboxylic acids is 1. The van der Waals surface area contributed by atoms with Gasteiger partial charge in [0.25, 0.3) is 11.5 Å². The Morgan fingerprint density at radius 2 is 1.95 bits per heavy atom. The molecule has 0 aromatic carbocycles. The van der Waals surface area contributed by atoms with Crippen LogP contribution in [0.2, 0.25) is 0 Å². The van der Waals surface area contributed by atoms with Crippen LogP contribution in [0.3, 0.4) is 0 Å². The lowest BCUT2D eigenvalue weighted by Crippen LogP contribution is -2.43. The van der Waals surface area contributed by atoms with Crippen molar-refractivity contribution in [3.63, 3.8) is 0 Å². The summed E-state index contributed by atoms with van der Waals surface area (Å²) in [6.45, 7) is 8.49. The number of nitrogens with one attached hydrogen (secondary N) is 1. The molecule has 4 aromatic heterocycles. The van der Waals surface area contributed by atoms with Gasteiger partial charge in [-0.25, -0.2) is 19.4 Å². The van der Waals surface area contributed by atoms with E-state index in [0.29, 0.717) is 68.8 Å². The molecule has 2 fully saturated rings. The van der Waals surface area contributed by atoms with Gasteiger partial charge in [-0.15, -0.1) is 0 Å². The van der Waals surface area contributed by atoms with Crippen LogP contribution in [-0.2, 0) is 17.8 Å². The van der Waals surface area contributed by atoms with Crippen molar-refractivity contribution in [1.82, 2.24) is 38.8 Å². The van der Waals surface area contributed by atoms with E-state index in [1.807, 2.05) is 13.8 Å². The minimum absolute atomic E-state index is 0.0813. The zero-order chi connectivity index (χ0) is 29.4. The Labute approximate surface area is 240 Å². The third kappa shape index (κ3) is 5.27. The van der Waals surface area contributed by atoms with Crippen LogP contribution in [-0.4, -0.2) is 84.1 Å². The molecule has 6 rings (SSSR count). The summed E-state index contributed by atoms with van der Waals surface area (Å²) < 4.78 is 23.6. The van der Waals surface area contributed by atoms with Crippen molar-refractivity contribution < 1.29 is 13.9 Å². The molecule has 222 valence electrons. The van der Waals surface area contributed by atoms with Crippen LogP contribution in [0.1, 0.15) is 49.5 Å². The molecule has 13 nitrogen and oxygen atoms in total. The number of aryl methyl sites for hydroxylation is 2. The number of anilines is 1. The summed E-state index contributed by atoms with van der Waals surface area (Å²) >= 11 is 0. The standard InChI is InChI=1S/C28H34FN9O4/c1-3-9-36-25-23(27(40)38(28(36)41)19-6-7-19)31-24(32-25)20-16-22(37(4-2)33-20)35(11-10-34-12-14-42-15-13-34)26(39)18-5-8-21(29)30-17-18/h5,8,16-17,19H,3-4,6-7,9-15H2,1-2H3,(H,31,32). The molecule has 5 heterocycles. The summed E-state index contributed by atoms with van der Waals surface area (Å²) in [5.74, 6) is -0.153. The van der Waals surface area contributed by atoms with Gasteiger partial charge in [-0.1, -0.05) is 6.92 Å². The molecule has 2 aliphatic rings. The molecule has 0 radical (unpaired) electrons.